The van der Waals surface area contributed by atoms with Crippen LogP contribution in [0.15, 0.2) is 23.7 Å². The van der Waals surface area contributed by atoms with E-state index in [4.69, 9.17) is 4.74 Å². The van der Waals surface area contributed by atoms with Gasteiger partial charge >= 0.3 is 0 Å². The molecule has 0 saturated carbocycles. The number of likely N-dealkylation sites (tertiary alicyclic amines) is 1. The predicted octanol–water partition coefficient (Wildman–Crippen LogP) is 2.32. The number of rotatable bonds is 7. The minimum Gasteiger partial charge on any atom is -0.360 e. The average Bonchev–Trinajstić information content (AvgIpc) is 3.42. The number of hydrogen-bond donors (Lipinski definition) is 0. The van der Waals surface area contributed by atoms with Crippen LogP contribution in [-0.2, 0) is 20.9 Å². The van der Waals surface area contributed by atoms with Crippen molar-refractivity contribution in [2.24, 2.45) is 17.8 Å². The van der Waals surface area contributed by atoms with E-state index in [9.17, 15) is 9.59 Å². The summed E-state index contributed by atoms with van der Waals surface area (Å²) >= 11 is 1.53. The van der Waals surface area contributed by atoms with Crippen LogP contribution in [0.2, 0.25) is 0 Å². The van der Waals surface area contributed by atoms with Crippen molar-refractivity contribution >= 4 is 23.2 Å². The highest BCUT2D eigenvalue weighted by Crippen LogP contribution is 2.52. The molecule has 2 fully saturated rings. The maximum Gasteiger partial charge on any atom is 0.230 e. The molecule has 27 heavy (non-hydrogen) atoms. The fraction of sp³-hybridized carbons (Fsp3) is 0.650. The van der Waals surface area contributed by atoms with Crippen LogP contribution in [0.5, 0.6) is 0 Å². The first-order chi connectivity index (χ1) is 13.0. The molecule has 1 aromatic heterocycles. The number of amides is 2. The Hall–Kier alpha value is -1.73. The summed E-state index contributed by atoms with van der Waals surface area (Å²) in [6.07, 6.45) is 7.56. The molecule has 2 amide bonds. The first-order valence-electron chi connectivity index (χ1n) is 9.78. The first-order valence-corrected chi connectivity index (χ1v) is 10.7. The van der Waals surface area contributed by atoms with Gasteiger partial charge in [0, 0.05) is 25.2 Å². The Labute approximate surface area is 164 Å². The molecule has 2 saturated heterocycles. The molecule has 2 bridgehead atoms. The highest BCUT2D eigenvalue weighted by molar-refractivity contribution is 7.09. The molecule has 3 aliphatic heterocycles. The van der Waals surface area contributed by atoms with Gasteiger partial charge in [0.1, 0.15) is 10.6 Å². The highest BCUT2D eigenvalue weighted by atomic mass is 32.1. The van der Waals surface area contributed by atoms with Gasteiger partial charge in [-0.25, -0.2) is 4.98 Å². The van der Waals surface area contributed by atoms with Crippen LogP contribution >= 0.6 is 11.3 Å². The van der Waals surface area contributed by atoms with E-state index in [2.05, 4.69) is 18.8 Å². The molecule has 6 nitrogen and oxygen atoms in total. The van der Waals surface area contributed by atoms with Crippen molar-refractivity contribution in [1.82, 2.24) is 14.8 Å². The van der Waals surface area contributed by atoms with E-state index in [-0.39, 0.29) is 17.9 Å². The molecule has 0 unspecified atom stereocenters. The Kier molecular flexibility index (Phi) is 4.84. The Morgan fingerprint density at radius 1 is 1.48 bits per heavy atom. The van der Waals surface area contributed by atoms with Crippen molar-refractivity contribution in [2.75, 3.05) is 20.1 Å². The molecule has 4 rings (SSSR count). The minimum absolute atomic E-state index is 0.0239. The quantitative estimate of drug-likeness (QED) is 0.672. The summed E-state index contributed by atoms with van der Waals surface area (Å²) < 4.78 is 6.22. The molecule has 0 aromatic carbocycles. The van der Waals surface area contributed by atoms with E-state index < -0.39 is 17.4 Å². The molecule has 0 radical (unpaired) electrons. The van der Waals surface area contributed by atoms with E-state index in [1.807, 2.05) is 22.4 Å². The van der Waals surface area contributed by atoms with Crippen molar-refractivity contribution in [2.45, 2.75) is 44.9 Å². The molecule has 4 heterocycles. The number of thiazole rings is 1. The average molecular weight is 390 g/mol. The van der Waals surface area contributed by atoms with Crippen LogP contribution < -0.4 is 0 Å². The van der Waals surface area contributed by atoms with Gasteiger partial charge in [-0.05, 0) is 5.92 Å². The summed E-state index contributed by atoms with van der Waals surface area (Å²) in [6, 6.07) is 0. The normalized spacial score (nSPS) is 31.2. The Bertz CT molecular complexity index is 746. The fourth-order valence-corrected chi connectivity index (χ4v) is 5.41. The summed E-state index contributed by atoms with van der Waals surface area (Å²) in [4.78, 5) is 34.3. The number of aromatic nitrogens is 1. The maximum atomic E-state index is 13.2. The summed E-state index contributed by atoms with van der Waals surface area (Å²) in [5, 5.41) is 2.80. The summed E-state index contributed by atoms with van der Waals surface area (Å²) in [5.74, 6) is -0.279. The Balaban J connectivity index is 1.53. The first kappa shape index (κ1) is 18.6. The Morgan fingerprint density at radius 3 is 2.93 bits per heavy atom. The van der Waals surface area contributed by atoms with Crippen LogP contribution in [-0.4, -0.2) is 58.4 Å². The van der Waals surface area contributed by atoms with E-state index >= 15 is 0 Å². The Morgan fingerprint density at radius 2 is 2.26 bits per heavy atom. The van der Waals surface area contributed by atoms with Crippen molar-refractivity contribution in [3.8, 4) is 0 Å². The van der Waals surface area contributed by atoms with Crippen molar-refractivity contribution in [3.05, 3.63) is 28.7 Å². The van der Waals surface area contributed by atoms with E-state index in [1.165, 1.54) is 11.3 Å². The zero-order valence-electron chi connectivity index (χ0n) is 16.1. The lowest BCUT2D eigenvalue weighted by Crippen LogP contribution is -2.44. The number of hydrogen-bond acceptors (Lipinski definition) is 5. The van der Waals surface area contributed by atoms with Gasteiger partial charge in [0.15, 0.2) is 0 Å². The van der Waals surface area contributed by atoms with E-state index in [0.29, 0.717) is 19.0 Å². The molecule has 3 aliphatic rings. The third kappa shape index (κ3) is 3.01. The van der Waals surface area contributed by atoms with Gasteiger partial charge < -0.3 is 14.5 Å². The van der Waals surface area contributed by atoms with Gasteiger partial charge in [0.2, 0.25) is 11.8 Å². The fourth-order valence-electron chi connectivity index (χ4n) is 4.74. The third-order valence-electron chi connectivity index (χ3n) is 6.33. The van der Waals surface area contributed by atoms with Crippen LogP contribution in [0, 0.1) is 17.8 Å². The standard InChI is InChI=1S/C20H27N3O3S/c1-4-13(5-2)10-23-12-20-7-6-14(26-20)16(17(20)19(23)25)18(24)22(3)11-15-21-8-9-27-15/h6-9,13-14,16-17H,4-5,10-12H2,1-3H3/t14-,16-,17-,20-/m0/s1. The van der Waals surface area contributed by atoms with Crippen molar-refractivity contribution in [1.29, 1.82) is 0 Å². The second-order valence-corrected chi connectivity index (χ2v) is 8.90. The van der Waals surface area contributed by atoms with Gasteiger partial charge in [-0.3, -0.25) is 9.59 Å². The topological polar surface area (TPSA) is 62.7 Å². The van der Waals surface area contributed by atoms with Crippen LogP contribution in [0.1, 0.15) is 31.7 Å². The van der Waals surface area contributed by atoms with Gasteiger partial charge in [-0.15, -0.1) is 11.3 Å². The summed E-state index contributed by atoms with van der Waals surface area (Å²) in [5.41, 5.74) is -0.615. The molecular weight excluding hydrogens is 362 g/mol. The van der Waals surface area contributed by atoms with Gasteiger partial charge in [0.05, 0.1) is 31.0 Å². The molecule has 1 aromatic rings. The van der Waals surface area contributed by atoms with Gasteiger partial charge in [-0.1, -0.05) is 38.8 Å². The van der Waals surface area contributed by atoms with E-state index in [0.717, 1.165) is 24.4 Å². The van der Waals surface area contributed by atoms with Crippen LogP contribution in [0.25, 0.3) is 0 Å². The largest absolute Gasteiger partial charge is 0.360 e. The summed E-state index contributed by atoms with van der Waals surface area (Å²) in [7, 11) is 1.79. The van der Waals surface area contributed by atoms with Crippen LogP contribution in [0.4, 0.5) is 0 Å². The highest BCUT2D eigenvalue weighted by Gasteiger charge is 2.67. The minimum atomic E-state index is -0.615. The van der Waals surface area contributed by atoms with Crippen LogP contribution in [0.3, 0.4) is 0 Å². The lowest BCUT2D eigenvalue weighted by atomic mass is 9.76. The third-order valence-corrected chi connectivity index (χ3v) is 7.09. The molecular formula is C20H27N3O3S. The zero-order valence-corrected chi connectivity index (χ0v) is 16.9. The number of ether oxygens (including phenoxy) is 1. The van der Waals surface area contributed by atoms with Crippen molar-refractivity contribution < 1.29 is 14.3 Å². The molecule has 146 valence electrons. The molecule has 7 heteroatoms. The predicted molar refractivity (Wildman–Crippen MR) is 103 cm³/mol. The molecule has 0 aliphatic carbocycles. The second kappa shape index (κ2) is 7.02. The summed E-state index contributed by atoms with van der Waals surface area (Å²) in [6.45, 7) is 6.11. The number of nitrogens with zero attached hydrogens (tertiary/aromatic N) is 3. The van der Waals surface area contributed by atoms with Gasteiger partial charge in [0.25, 0.3) is 0 Å². The van der Waals surface area contributed by atoms with Gasteiger partial charge in [-0.2, -0.15) is 0 Å². The number of carbonyl (C=O) groups excluding carboxylic acids is 2. The molecule has 1 spiro atoms. The second-order valence-electron chi connectivity index (χ2n) is 7.92. The monoisotopic (exact) mass is 389 g/mol. The lowest BCUT2D eigenvalue weighted by molar-refractivity contribution is -0.142. The number of carbonyl (C=O) groups is 2. The molecule has 0 N–H and O–H groups in total. The zero-order chi connectivity index (χ0) is 19.2. The SMILES string of the molecule is CCC(CC)CN1C[C@]23C=C[C@H](O2)[C@H](C(=O)N(C)Cc2nccs2)[C@H]3C1=O. The smallest absolute Gasteiger partial charge is 0.230 e. The van der Waals surface area contributed by atoms with Crippen molar-refractivity contribution in [3.63, 3.8) is 0 Å². The van der Waals surface area contributed by atoms with E-state index in [1.54, 1.807) is 18.1 Å². The lowest BCUT2D eigenvalue weighted by Gasteiger charge is -2.27. The maximum absolute atomic E-state index is 13.2. The number of fused-ring (bicyclic) bond motifs is 1. The molecule has 4 atom stereocenters.